The zero-order valence-electron chi connectivity index (χ0n) is 15.7. The van der Waals surface area contributed by atoms with Crippen LogP contribution in [0.4, 0.5) is 0 Å². The SMILES string of the molecule is CCC(C)c1ccc(S(=O)(=O)N2CCN(C(=O)C3(C(=O)O)CC3)CC2)cc1. The molecule has 1 atom stereocenters. The molecule has 0 bridgehead atoms. The predicted octanol–water partition coefficient (Wildman–Crippen LogP) is 1.90. The van der Waals surface area contributed by atoms with Gasteiger partial charge in [0, 0.05) is 26.2 Å². The minimum atomic E-state index is -3.62. The van der Waals surface area contributed by atoms with E-state index in [4.69, 9.17) is 0 Å². The van der Waals surface area contributed by atoms with Gasteiger partial charge in [-0.2, -0.15) is 4.31 Å². The van der Waals surface area contributed by atoms with Crippen molar-refractivity contribution in [3.8, 4) is 0 Å². The van der Waals surface area contributed by atoms with E-state index >= 15 is 0 Å². The third kappa shape index (κ3) is 3.60. The smallest absolute Gasteiger partial charge is 0.319 e. The Morgan fingerprint density at radius 3 is 2.11 bits per heavy atom. The Balaban J connectivity index is 1.66. The van der Waals surface area contributed by atoms with Crippen molar-refractivity contribution in [2.24, 2.45) is 5.41 Å². The molecule has 148 valence electrons. The lowest BCUT2D eigenvalue weighted by Gasteiger charge is -2.35. The Bertz CT molecular complexity index is 822. The summed E-state index contributed by atoms with van der Waals surface area (Å²) in [6.07, 6.45) is 1.71. The third-order valence-electron chi connectivity index (χ3n) is 5.79. The van der Waals surface area contributed by atoms with Gasteiger partial charge in [-0.1, -0.05) is 26.0 Å². The summed E-state index contributed by atoms with van der Waals surface area (Å²) in [5, 5.41) is 9.26. The van der Waals surface area contributed by atoms with Crippen molar-refractivity contribution in [2.75, 3.05) is 26.2 Å². The second kappa shape index (κ2) is 7.24. The number of amides is 1. The van der Waals surface area contributed by atoms with Crippen molar-refractivity contribution >= 4 is 21.9 Å². The van der Waals surface area contributed by atoms with Gasteiger partial charge in [-0.15, -0.1) is 0 Å². The quantitative estimate of drug-likeness (QED) is 0.744. The molecule has 1 aliphatic carbocycles. The maximum absolute atomic E-state index is 12.9. The fraction of sp³-hybridized carbons (Fsp3) is 0.579. The number of carbonyl (C=O) groups excluding carboxylic acids is 1. The number of sulfonamides is 1. The van der Waals surface area contributed by atoms with E-state index in [1.165, 1.54) is 9.21 Å². The van der Waals surface area contributed by atoms with Gasteiger partial charge in [0.05, 0.1) is 4.90 Å². The molecular weight excluding hydrogens is 368 g/mol. The molecular formula is C19H26N2O5S. The third-order valence-corrected chi connectivity index (χ3v) is 7.71. The summed E-state index contributed by atoms with van der Waals surface area (Å²) in [6.45, 7) is 4.99. The molecule has 0 spiro atoms. The number of benzene rings is 1. The first-order valence-electron chi connectivity index (χ1n) is 9.35. The van der Waals surface area contributed by atoms with Crippen molar-refractivity contribution in [1.82, 2.24) is 9.21 Å². The second-order valence-electron chi connectivity index (χ2n) is 7.46. The van der Waals surface area contributed by atoms with Gasteiger partial charge >= 0.3 is 5.97 Å². The van der Waals surface area contributed by atoms with Crippen molar-refractivity contribution in [3.63, 3.8) is 0 Å². The molecule has 8 heteroatoms. The van der Waals surface area contributed by atoms with Crippen LogP contribution in [-0.4, -0.2) is 60.8 Å². The van der Waals surface area contributed by atoms with Crippen molar-refractivity contribution in [2.45, 2.75) is 43.9 Å². The molecule has 27 heavy (non-hydrogen) atoms. The first-order valence-corrected chi connectivity index (χ1v) is 10.8. The minimum absolute atomic E-state index is 0.177. The summed E-state index contributed by atoms with van der Waals surface area (Å²) < 4.78 is 27.1. The average Bonchev–Trinajstić information content (AvgIpc) is 3.49. The van der Waals surface area contributed by atoms with E-state index in [0.717, 1.165) is 12.0 Å². The number of hydrogen-bond donors (Lipinski definition) is 1. The second-order valence-corrected chi connectivity index (χ2v) is 9.40. The molecule has 1 aromatic carbocycles. The van der Waals surface area contributed by atoms with E-state index in [-0.39, 0.29) is 37.0 Å². The zero-order chi connectivity index (χ0) is 19.8. The van der Waals surface area contributed by atoms with Gasteiger partial charge < -0.3 is 10.0 Å². The van der Waals surface area contributed by atoms with E-state index in [2.05, 4.69) is 13.8 Å². The lowest BCUT2D eigenvalue weighted by Crippen LogP contribution is -2.53. The Hall–Kier alpha value is -1.93. The molecule has 1 aromatic rings. The summed E-state index contributed by atoms with van der Waals surface area (Å²) in [7, 11) is -3.62. The average molecular weight is 394 g/mol. The molecule has 2 aliphatic rings. The monoisotopic (exact) mass is 394 g/mol. The Kier molecular flexibility index (Phi) is 5.31. The maximum Gasteiger partial charge on any atom is 0.319 e. The van der Waals surface area contributed by atoms with E-state index in [9.17, 15) is 23.1 Å². The predicted molar refractivity (Wildman–Crippen MR) is 99.8 cm³/mol. The zero-order valence-corrected chi connectivity index (χ0v) is 16.5. The Morgan fingerprint density at radius 1 is 1.11 bits per heavy atom. The number of carboxylic acids is 1. The fourth-order valence-electron chi connectivity index (χ4n) is 3.43. The summed E-state index contributed by atoms with van der Waals surface area (Å²) in [5.74, 6) is -1.09. The number of aliphatic carboxylic acids is 1. The molecule has 1 N–H and O–H groups in total. The number of carboxylic acid groups (broad SMARTS) is 1. The van der Waals surface area contributed by atoms with Crippen LogP contribution in [0.5, 0.6) is 0 Å². The summed E-state index contributed by atoms with van der Waals surface area (Å²) in [4.78, 5) is 25.5. The van der Waals surface area contributed by atoms with Crippen LogP contribution < -0.4 is 0 Å². The minimum Gasteiger partial charge on any atom is -0.480 e. The molecule has 2 fully saturated rings. The van der Waals surface area contributed by atoms with Crippen LogP contribution in [0.3, 0.4) is 0 Å². The van der Waals surface area contributed by atoms with Crippen LogP contribution in [0.15, 0.2) is 29.2 Å². The summed E-state index contributed by atoms with van der Waals surface area (Å²) in [6, 6.07) is 6.98. The van der Waals surface area contributed by atoms with Crippen LogP contribution in [0.25, 0.3) is 0 Å². The first kappa shape index (κ1) is 19.8. The van der Waals surface area contributed by atoms with Gasteiger partial charge in [0.15, 0.2) is 0 Å². The van der Waals surface area contributed by atoms with Crippen LogP contribution >= 0.6 is 0 Å². The fourth-order valence-corrected chi connectivity index (χ4v) is 4.85. The number of nitrogens with zero attached hydrogens (tertiary/aromatic N) is 2. The van der Waals surface area contributed by atoms with Gasteiger partial charge in [-0.3, -0.25) is 9.59 Å². The van der Waals surface area contributed by atoms with Crippen LogP contribution in [0, 0.1) is 5.41 Å². The number of rotatable bonds is 6. The molecule has 0 radical (unpaired) electrons. The van der Waals surface area contributed by atoms with E-state index in [1.807, 2.05) is 12.1 Å². The molecule has 1 saturated carbocycles. The van der Waals surface area contributed by atoms with E-state index in [0.29, 0.717) is 18.8 Å². The number of hydrogen-bond acceptors (Lipinski definition) is 4. The molecule has 1 aliphatic heterocycles. The van der Waals surface area contributed by atoms with Gasteiger partial charge in [0.25, 0.3) is 0 Å². The number of carbonyl (C=O) groups is 2. The van der Waals surface area contributed by atoms with Crippen LogP contribution in [-0.2, 0) is 19.6 Å². The standard InChI is InChI=1S/C19H26N2O5S/c1-3-14(2)15-4-6-16(7-5-15)27(25,26)21-12-10-20(11-13-21)17(22)19(8-9-19)18(23)24/h4-7,14H,3,8-13H2,1-2H3,(H,23,24). The molecule has 1 heterocycles. The number of piperazine rings is 1. The highest BCUT2D eigenvalue weighted by molar-refractivity contribution is 7.89. The van der Waals surface area contributed by atoms with Gasteiger partial charge in [0.1, 0.15) is 5.41 Å². The normalized spacial score (nSPS) is 20.9. The summed E-state index contributed by atoms with van der Waals surface area (Å²) >= 11 is 0. The Morgan fingerprint density at radius 2 is 1.67 bits per heavy atom. The van der Waals surface area contributed by atoms with Gasteiger partial charge in [-0.05, 0) is 42.9 Å². The highest BCUT2D eigenvalue weighted by Crippen LogP contribution is 2.47. The van der Waals surface area contributed by atoms with Crippen molar-refractivity contribution < 1.29 is 23.1 Å². The topological polar surface area (TPSA) is 95.0 Å². The highest BCUT2D eigenvalue weighted by Gasteiger charge is 2.58. The first-order chi connectivity index (χ1) is 12.7. The molecule has 1 unspecified atom stereocenters. The van der Waals surface area contributed by atoms with Crippen LogP contribution in [0.1, 0.15) is 44.6 Å². The van der Waals surface area contributed by atoms with Gasteiger partial charge in [-0.25, -0.2) is 8.42 Å². The Labute approximate surface area is 160 Å². The summed E-state index contributed by atoms with van der Waals surface area (Å²) in [5.41, 5.74) is -0.164. The molecule has 3 rings (SSSR count). The lowest BCUT2D eigenvalue weighted by molar-refractivity contribution is -0.154. The van der Waals surface area contributed by atoms with Crippen molar-refractivity contribution in [1.29, 1.82) is 0 Å². The van der Waals surface area contributed by atoms with E-state index in [1.54, 1.807) is 12.1 Å². The molecule has 0 aromatic heterocycles. The molecule has 1 amide bonds. The lowest BCUT2D eigenvalue weighted by atomic mass is 9.99. The highest BCUT2D eigenvalue weighted by atomic mass is 32.2. The van der Waals surface area contributed by atoms with Crippen molar-refractivity contribution in [3.05, 3.63) is 29.8 Å². The van der Waals surface area contributed by atoms with Crippen LogP contribution in [0.2, 0.25) is 0 Å². The maximum atomic E-state index is 12.9. The molecule has 7 nitrogen and oxygen atoms in total. The molecule has 1 saturated heterocycles. The largest absolute Gasteiger partial charge is 0.480 e. The van der Waals surface area contributed by atoms with Gasteiger partial charge in [0.2, 0.25) is 15.9 Å². The van der Waals surface area contributed by atoms with E-state index < -0.39 is 21.4 Å².